The molecule has 2 N–H and O–H groups in total. The van der Waals surface area contributed by atoms with E-state index in [0.717, 1.165) is 34.6 Å². The van der Waals surface area contributed by atoms with Crippen LogP contribution in [0.5, 0.6) is 5.75 Å². The summed E-state index contributed by atoms with van der Waals surface area (Å²) < 4.78 is 5.42. The van der Waals surface area contributed by atoms with Gasteiger partial charge in [-0.2, -0.15) is 5.10 Å². The van der Waals surface area contributed by atoms with Gasteiger partial charge in [0.15, 0.2) is 0 Å². The first kappa shape index (κ1) is 25.4. The Morgan fingerprint density at radius 2 is 1.95 bits per heavy atom. The van der Waals surface area contributed by atoms with Crippen molar-refractivity contribution in [1.29, 1.82) is 0 Å². The fourth-order valence-electron chi connectivity index (χ4n) is 5.91. The highest BCUT2D eigenvalue weighted by Gasteiger charge is 2.55. The van der Waals surface area contributed by atoms with Gasteiger partial charge in [0.1, 0.15) is 17.2 Å². The van der Waals surface area contributed by atoms with E-state index in [2.05, 4.69) is 17.1 Å². The maximum Gasteiger partial charge on any atom is 0.326 e. The molecule has 204 valence electrons. The first-order valence-electron chi connectivity index (χ1n) is 13.6. The monoisotopic (exact) mass is 530 g/mol. The summed E-state index contributed by atoms with van der Waals surface area (Å²) in [5, 5.41) is 17.3. The van der Waals surface area contributed by atoms with Crippen LogP contribution in [0.15, 0.2) is 48.8 Å². The average Bonchev–Trinajstić information content (AvgIpc) is 3.38. The number of pyridine rings is 1. The molecule has 4 heterocycles. The van der Waals surface area contributed by atoms with Crippen molar-refractivity contribution in [3.8, 4) is 16.9 Å². The van der Waals surface area contributed by atoms with Crippen molar-refractivity contribution in [2.45, 2.75) is 56.7 Å². The molecule has 2 aromatic heterocycles. The van der Waals surface area contributed by atoms with Gasteiger partial charge in [-0.15, -0.1) is 0 Å². The number of H-pyrrole nitrogens is 1. The lowest BCUT2D eigenvalue weighted by Crippen LogP contribution is -2.56. The number of urea groups is 1. The molecule has 1 aliphatic carbocycles. The molecule has 1 spiro atoms. The van der Waals surface area contributed by atoms with Crippen molar-refractivity contribution < 1.29 is 19.4 Å². The Morgan fingerprint density at radius 3 is 2.62 bits per heavy atom. The van der Waals surface area contributed by atoms with Gasteiger partial charge in [-0.25, -0.2) is 9.78 Å². The summed E-state index contributed by atoms with van der Waals surface area (Å²) in [5.41, 5.74) is 2.20. The fourth-order valence-corrected chi connectivity index (χ4v) is 5.91. The Hall–Kier alpha value is -3.92. The van der Waals surface area contributed by atoms with Crippen LogP contribution in [-0.2, 0) is 17.8 Å². The summed E-state index contributed by atoms with van der Waals surface area (Å²) >= 11 is 0. The van der Waals surface area contributed by atoms with Crippen LogP contribution in [0.25, 0.3) is 11.1 Å². The van der Waals surface area contributed by atoms with E-state index in [1.54, 1.807) is 23.1 Å². The number of nitrogens with zero attached hydrogens (tertiary/aromatic N) is 5. The number of aryl methyl sites for hydroxylation is 1. The second kappa shape index (κ2) is 9.68. The Kier molecular flexibility index (Phi) is 6.29. The van der Waals surface area contributed by atoms with Gasteiger partial charge in [-0.05, 0) is 61.9 Å². The molecule has 39 heavy (non-hydrogen) atoms. The van der Waals surface area contributed by atoms with Gasteiger partial charge >= 0.3 is 6.03 Å². The van der Waals surface area contributed by atoms with Crippen LogP contribution in [0.3, 0.4) is 0 Å². The molecule has 3 aliphatic rings. The third kappa shape index (κ3) is 4.52. The summed E-state index contributed by atoms with van der Waals surface area (Å²) in [6.07, 6.45) is 6.66. The standard InChI is InChI=1S/C29H34N6O4/c1-3-24-23(21-16-30-31-17-21)7-8-25(32-24)34-19-28(11-13-33(14-12-28)26(36)29(38)9-10-29)35(27(34)37)18-20-5-4-6-22(15-20)39-2/h4-8,15-17,38H,3,9-14,18-19H2,1-2H3,(H,30,31). The van der Waals surface area contributed by atoms with Gasteiger partial charge in [-0.1, -0.05) is 19.1 Å². The summed E-state index contributed by atoms with van der Waals surface area (Å²) in [6, 6.07) is 11.6. The van der Waals surface area contributed by atoms with E-state index >= 15 is 0 Å². The van der Waals surface area contributed by atoms with Crippen molar-refractivity contribution in [2.75, 3.05) is 31.6 Å². The Morgan fingerprint density at radius 1 is 1.15 bits per heavy atom. The second-order valence-electron chi connectivity index (χ2n) is 10.9. The molecule has 1 saturated carbocycles. The topological polar surface area (TPSA) is 115 Å². The van der Waals surface area contributed by atoms with Gasteiger partial charge < -0.3 is 19.6 Å². The molecule has 2 saturated heterocycles. The van der Waals surface area contributed by atoms with Crippen molar-refractivity contribution in [2.24, 2.45) is 0 Å². The number of hydrogen-bond acceptors (Lipinski definition) is 6. The number of amides is 3. The number of ether oxygens (including phenoxy) is 1. The predicted molar refractivity (Wildman–Crippen MR) is 145 cm³/mol. The van der Waals surface area contributed by atoms with Gasteiger partial charge in [0.05, 0.1) is 31.1 Å². The van der Waals surface area contributed by atoms with E-state index < -0.39 is 11.1 Å². The smallest absolute Gasteiger partial charge is 0.326 e. The molecule has 3 fully saturated rings. The van der Waals surface area contributed by atoms with Crippen LogP contribution in [0.1, 0.15) is 43.9 Å². The molecule has 1 aromatic carbocycles. The van der Waals surface area contributed by atoms with Crippen LogP contribution in [0.4, 0.5) is 10.6 Å². The van der Waals surface area contributed by atoms with Crippen LogP contribution in [0, 0.1) is 0 Å². The maximum atomic E-state index is 14.1. The van der Waals surface area contributed by atoms with Crippen LogP contribution in [-0.4, -0.2) is 79.9 Å². The molecular formula is C29H34N6O4. The number of carbonyl (C=O) groups excluding carboxylic acids is 2. The minimum absolute atomic E-state index is 0.0935. The van der Waals surface area contributed by atoms with E-state index in [4.69, 9.17) is 9.72 Å². The van der Waals surface area contributed by atoms with E-state index in [-0.39, 0.29) is 11.9 Å². The highest BCUT2D eigenvalue weighted by molar-refractivity contribution is 5.95. The Bertz CT molecular complexity index is 1380. The number of likely N-dealkylation sites (tertiary alicyclic amines) is 1. The van der Waals surface area contributed by atoms with Gasteiger partial charge in [0.25, 0.3) is 5.91 Å². The van der Waals surface area contributed by atoms with Crippen molar-refractivity contribution in [1.82, 2.24) is 25.0 Å². The quantitative estimate of drug-likeness (QED) is 0.484. The number of anilines is 1. The van der Waals surface area contributed by atoms with Crippen LogP contribution in [0.2, 0.25) is 0 Å². The highest BCUT2D eigenvalue weighted by Crippen LogP contribution is 2.42. The molecule has 3 aromatic rings. The third-order valence-electron chi connectivity index (χ3n) is 8.44. The van der Waals surface area contributed by atoms with E-state index in [1.807, 2.05) is 47.5 Å². The second-order valence-corrected chi connectivity index (χ2v) is 10.9. The molecule has 0 unspecified atom stereocenters. The molecule has 2 aliphatic heterocycles. The number of piperidine rings is 1. The lowest BCUT2D eigenvalue weighted by atomic mass is 9.86. The minimum atomic E-state index is -1.18. The maximum absolute atomic E-state index is 14.1. The van der Waals surface area contributed by atoms with Crippen molar-refractivity contribution in [3.05, 3.63) is 60.0 Å². The number of methoxy groups -OCH3 is 1. The molecule has 0 bridgehead atoms. The van der Waals surface area contributed by atoms with Crippen molar-refractivity contribution >= 4 is 17.8 Å². The number of aromatic amines is 1. The number of carbonyl (C=O) groups is 2. The molecule has 6 rings (SSSR count). The van der Waals surface area contributed by atoms with Gasteiger partial charge in [0, 0.05) is 37.0 Å². The lowest BCUT2D eigenvalue weighted by Gasteiger charge is -2.44. The minimum Gasteiger partial charge on any atom is -0.497 e. The number of rotatable bonds is 7. The molecule has 10 heteroatoms. The number of benzene rings is 1. The van der Waals surface area contributed by atoms with E-state index in [9.17, 15) is 14.7 Å². The zero-order valence-corrected chi connectivity index (χ0v) is 22.4. The number of nitrogens with one attached hydrogen (secondary N) is 1. The van der Waals surface area contributed by atoms with Crippen LogP contribution >= 0.6 is 0 Å². The highest BCUT2D eigenvalue weighted by atomic mass is 16.5. The zero-order chi connectivity index (χ0) is 27.2. The largest absolute Gasteiger partial charge is 0.497 e. The molecule has 10 nitrogen and oxygen atoms in total. The number of hydrogen-bond donors (Lipinski definition) is 2. The van der Waals surface area contributed by atoms with Gasteiger partial charge in [-0.3, -0.25) is 14.8 Å². The molecule has 0 radical (unpaired) electrons. The predicted octanol–water partition coefficient (Wildman–Crippen LogP) is 3.37. The normalized spacial score (nSPS) is 19.6. The number of aliphatic hydroxyl groups is 1. The number of aromatic nitrogens is 3. The first-order chi connectivity index (χ1) is 18.9. The van der Waals surface area contributed by atoms with E-state index in [0.29, 0.717) is 57.7 Å². The summed E-state index contributed by atoms with van der Waals surface area (Å²) in [7, 11) is 1.63. The average molecular weight is 531 g/mol. The Labute approximate surface area is 227 Å². The molecular weight excluding hydrogens is 496 g/mol. The van der Waals surface area contributed by atoms with Crippen molar-refractivity contribution in [3.63, 3.8) is 0 Å². The third-order valence-corrected chi connectivity index (χ3v) is 8.44. The summed E-state index contributed by atoms with van der Waals surface area (Å²) in [6.45, 7) is 3.98. The molecule has 3 amide bonds. The Balaban J connectivity index is 1.31. The summed E-state index contributed by atoms with van der Waals surface area (Å²) in [4.78, 5) is 37.3. The molecule has 0 atom stereocenters. The SMILES string of the molecule is CCc1nc(N2CC3(CCN(C(=O)C4(O)CC4)CC3)N(Cc3cccc(OC)c3)C2=O)ccc1-c1cn[nH]c1. The fraction of sp³-hybridized carbons (Fsp3) is 0.448. The first-order valence-corrected chi connectivity index (χ1v) is 13.6. The zero-order valence-electron chi connectivity index (χ0n) is 22.4. The van der Waals surface area contributed by atoms with Crippen LogP contribution < -0.4 is 9.64 Å². The van der Waals surface area contributed by atoms with E-state index in [1.165, 1.54) is 0 Å². The lowest BCUT2D eigenvalue weighted by molar-refractivity contribution is -0.144. The van der Waals surface area contributed by atoms with Gasteiger partial charge in [0.2, 0.25) is 0 Å². The summed E-state index contributed by atoms with van der Waals surface area (Å²) in [5.74, 6) is 1.19.